The van der Waals surface area contributed by atoms with Crippen molar-refractivity contribution in [2.75, 3.05) is 31.1 Å². The van der Waals surface area contributed by atoms with Gasteiger partial charge in [-0.1, -0.05) is 30.3 Å². The number of fused-ring (bicyclic) bond motifs is 1. The largest absolute Gasteiger partial charge is 0.489 e. The molecule has 32 heavy (non-hydrogen) atoms. The van der Waals surface area contributed by atoms with Crippen molar-refractivity contribution < 1.29 is 14.6 Å². The third-order valence-electron chi connectivity index (χ3n) is 5.58. The van der Waals surface area contributed by atoms with Crippen molar-refractivity contribution in [3.8, 4) is 17.1 Å². The number of rotatable bonds is 5. The SMILES string of the molecule is O=C(O)N1CCN(c2ccc3nc(-c4ccc(OCc5ccccc5)cc4)[nH]c3n2)CC1. The molecule has 0 atom stereocenters. The summed E-state index contributed by atoms with van der Waals surface area (Å²) in [5.74, 6) is 2.37. The van der Waals surface area contributed by atoms with E-state index in [0.29, 0.717) is 38.4 Å². The van der Waals surface area contributed by atoms with Gasteiger partial charge in [0.2, 0.25) is 0 Å². The van der Waals surface area contributed by atoms with E-state index in [4.69, 9.17) is 14.8 Å². The molecule has 1 saturated heterocycles. The topological polar surface area (TPSA) is 94.6 Å². The van der Waals surface area contributed by atoms with Gasteiger partial charge >= 0.3 is 6.09 Å². The van der Waals surface area contributed by atoms with Gasteiger partial charge in [0.05, 0.1) is 0 Å². The summed E-state index contributed by atoms with van der Waals surface area (Å²) in [6, 6.07) is 21.8. The van der Waals surface area contributed by atoms with Crippen molar-refractivity contribution in [2.45, 2.75) is 6.61 Å². The molecule has 0 aliphatic carbocycles. The summed E-state index contributed by atoms with van der Waals surface area (Å²) in [7, 11) is 0. The summed E-state index contributed by atoms with van der Waals surface area (Å²) in [5.41, 5.74) is 3.58. The van der Waals surface area contributed by atoms with E-state index >= 15 is 0 Å². The molecule has 2 aromatic heterocycles. The Morgan fingerprint density at radius 1 is 0.938 bits per heavy atom. The van der Waals surface area contributed by atoms with Gasteiger partial charge in [-0.15, -0.1) is 0 Å². The fourth-order valence-electron chi connectivity index (χ4n) is 3.77. The Hall–Kier alpha value is -4.07. The van der Waals surface area contributed by atoms with E-state index in [0.717, 1.165) is 34.0 Å². The monoisotopic (exact) mass is 429 g/mol. The van der Waals surface area contributed by atoms with Crippen LogP contribution in [0.3, 0.4) is 0 Å². The van der Waals surface area contributed by atoms with Crippen LogP contribution in [0.4, 0.5) is 10.6 Å². The van der Waals surface area contributed by atoms with E-state index in [1.165, 1.54) is 4.90 Å². The molecule has 0 saturated carbocycles. The lowest BCUT2D eigenvalue weighted by molar-refractivity contribution is 0.142. The molecule has 0 radical (unpaired) electrons. The number of benzene rings is 2. The van der Waals surface area contributed by atoms with Crippen LogP contribution in [0, 0.1) is 0 Å². The molecule has 162 valence electrons. The van der Waals surface area contributed by atoms with Crippen LogP contribution in [-0.2, 0) is 6.61 Å². The zero-order valence-electron chi connectivity index (χ0n) is 17.4. The highest BCUT2D eigenvalue weighted by atomic mass is 16.5. The van der Waals surface area contributed by atoms with Gasteiger partial charge in [-0.3, -0.25) is 0 Å². The van der Waals surface area contributed by atoms with Crippen molar-refractivity contribution in [2.24, 2.45) is 0 Å². The number of anilines is 1. The Kier molecular flexibility index (Phi) is 5.33. The molecule has 1 aliphatic rings. The minimum Gasteiger partial charge on any atom is -0.489 e. The van der Waals surface area contributed by atoms with Gasteiger partial charge in [-0.2, -0.15) is 0 Å². The molecule has 5 rings (SSSR count). The summed E-state index contributed by atoms with van der Waals surface area (Å²) < 4.78 is 5.86. The molecule has 0 spiro atoms. The summed E-state index contributed by atoms with van der Waals surface area (Å²) in [5, 5.41) is 9.12. The van der Waals surface area contributed by atoms with E-state index in [1.54, 1.807) is 0 Å². The average molecular weight is 429 g/mol. The number of aromatic amines is 1. The molecular formula is C24H23N5O3. The first kappa shape index (κ1) is 19.9. The van der Waals surface area contributed by atoms with E-state index in [9.17, 15) is 4.79 Å². The molecule has 3 heterocycles. The van der Waals surface area contributed by atoms with Gasteiger partial charge in [0.25, 0.3) is 0 Å². The van der Waals surface area contributed by atoms with Crippen LogP contribution in [-0.4, -0.2) is 57.2 Å². The second-order valence-corrected chi connectivity index (χ2v) is 7.68. The highest BCUT2D eigenvalue weighted by molar-refractivity contribution is 5.78. The van der Waals surface area contributed by atoms with Crippen molar-refractivity contribution in [1.29, 1.82) is 0 Å². The molecule has 1 amide bonds. The summed E-state index contributed by atoms with van der Waals surface area (Å²) in [6.45, 7) is 2.72. The number of amides is 1. The van der Waals surface area contributed by atoms with Crippen molar-refractivity contribution in [3.05, 3.63) is 72.3 Å². The lowest BCUT2D eigenvalue weighted by Gasteiger charge is -2.33. The normalized spacial score (nSPS) is 14.0. The molecule has 2 aromatic carbocycles. The number of carboxylic acid groups (broad SMARTS) is 1. The number of H-pyrrole nitrogens is 1. The van der Waals surface area contributed by atoms with Crippen LogP contribution in [0.15, 0.2) is 66.7 Å². The van der Waals surface area contributed by atoms with Crippen molar-refractivity contribution in [3.63, 3.8) is 0 Å². The lowest BCUT2D eigenvalue weighted by atomic mass is 10.2. The minimum atomic E-state index is -0.872. The van der Waals surface area contributed by atoms with Crippen LogP contribution in [0.2, 0.25) is 0 Å². The number of hydrogen-bond donors (Lipinski definition) is 2. The third-order valence-corrected chi connectivity index (χ3v) is 5.58. The number of nitrogens with zero attached hydrogens (tertiary/aromatic N) is 4. The predicted octanol–water partition coefficient (Wildman–Crippen LogP) is 4.00. The highest BCUT2D eigenvalue weighted by Crippen LogP contribution is 2.24. The van der Waals surface area contributed by atoms with E-state index in [1.807, 2.05) is 66.7 Å². The van der Waals surface area contributed by atoms with Gasteiger partial charge in [-0.25, -0.2) is 14.8 Å². The number of hydrogen-bond acceptors (Lipinski definition) is 5. The standard InChI is InChI=1S/C24H23N5O3/c30-24(31)29-14-12-28(13-15-29)21-11-10-20-23(26-21)27-22(25-20)18-6-8-19(9-7-18)32-16-17-4-2-1-3-5-17/h1-11H,12-16H2,(H,30,31)(H,25,26,27). The number of pyridine rings is 1. The Balaban J connectivity index is 1.28. The van der Waals surface area contributed by atoms with Crippen LogP contribution in [0.5, 0.6) is 5.75 Å². The summed E-state index contributed by atoms with van der Waals surface area (Å²) >= 11 is 0. The maximum atomic E-state index is 11.1. The number of carbonyl (C=O) groups is 1. The van der Waals surface area contributed by atoms with Crippen LogP contribution >= 0.6 is 0 Å². The van der Waals surface area contributed by atoms with Crippen molar-refractivity contribution >= 4 is 23.1 Å². The molecule has 1 aliphatic heterocycles. The number of aromatic nitrogens is 3. The molecule has 0 bridgehead atoms. The van der Waals surface area contributed by atoms with Gasteiger partial charge in [-0.05, 0) is 42.0 Å². The van der Waals surface area contributed by atoms with E-state index < -0.39 is 6.09 Å². The van der Waals surface area contributed by atoms with E-state index in [-0.39, 0.29) is 0 Å². The first-order valence-electron chi connectivity index (χ1n) is 10.5. The molecule has 2 N–H and O–H groups in total. The first-order valence-corrected chi connectivity index (χ1v) is 10.5. The average Bonchev–Trinajstić information content (AvgIpc) is 3.27. The number of imidazole rings is 1. The Morgan fingerprint density at radius 2 is 1.69 bits per heavy atom. The maximum Gasteiger partial charge on any atom is 0.407 e. The zero-order chi connectivity index (χ0) is 21.9. The summed E-state index contributed by atoms with van der Waals surface area (Å²) in [6.07, 6.45) is -0.872. The smallest absolute Gasteiger partial charge is 0.407 e. The second kappa shape index (κ2) is 8.58. The fourth-order valence-corrected chi connectivity index (χ4v) is 3.77. The van der Waals surface area contributed by atoms with Gasteiger partial charge in [0, 0.05) is 31.7 Å². The predicted molar refractivity (Wildman–Crippen MR) is 122 cm³/mol. The molecule has 8 nitrogen and oxygen atoms in total. The third kappa shape index (κ3) is 4.20. The first-order chi connectivity index (χ1) is 15.7. The van der Waals surface area contributed by atoms with Gasteiger partial charge < -0.3 is 24.6 Å². The van der Waals surface area contributed by atoms with Crippen LogP contribution in [0.25, 0.3) is 22.6 Å². The molecule has 1 fully saturated rings. The Bertz CT molecular complexity index is 1220. The molecule has 4 aromatic rings. The summed E-state index contributed by atoms with van der Waals surface area (Å²) in [4.78, 5) is 27.3. The molecular weight excluding hydrogens is 406 g/mol. The second-order valence-electron chi connectivity index (χ2n) is 7.68. The van der Waals surface area contributed by atoms with Gasteiger partial charge in [0.1, 0.15) is 29.5 Å². The maximum absolute atomic E-state index is 11.1. The number of ether oxygens (including phenoxy) is 1. The van der Waals surface area contributed by atoms with Gasteiger partial charge in [0.15, 0.2) is 5.65 Å². The van der Waals surface area contributed by atoms with Crippen LogP contribution < -0.4 is 9.64 Å². The van der Waals surface area contributed by atoms with E-state index in [2.05, 4.69) is 14.9 Å². The van der Waals surface area contributed by atoms with Crippen molar-refractivity contribution in [1.82, 2.24) is 19.9 Å². The lowest BCUT2D eigenvalue weighted by Crippen LogP contribution is -2.48. The number of piperazine rings is 1. The fraction of sp³-hybridized carbons (Fsp3) is 0.208. The zero-order valence-corrected chi connectivity index (χ0v) is 17.4. The quantitative estimate of drug-likeness (QED) is 0.498. The number of nitrogens with one attached hydrogen (secondary N) is 1. The Morgan fingerprint density at radius 3 is 2.41 bits per heavy atom. The highest BCUT2D eigenvalue weighted by Gasteiger charge is 2.21. The van der Waals surface area contributed by atoms with Crippen LogP contribution in [0.1, 0.15) is 5.56 Å². The Labute approximate surface area is 185 Å². The molecule has 8 heteroatoms. The molecule has 0 unspecified atom stereocenters. The minimum absolute atomic E-state index is 0.474.